The van der Waals surface area contributed by atoms with Gasteiger partial charge in [-0.1, -0.05) is 30.3 Å². The van der Waals surface area contributed by atoms with Gasteiger partial charge in [0.1, 0.15) is 17.5 Å². The molecule has 0 unspecified atom stereocenters. The molecule has 0 spiro atoms. The molecule has 4 heteroatoms. The Bertz CT molecular complexity index is 1300. The molecule has 0 N–H and O–H groups in total. The summed E-state index contributed by atoms with van der Waals surface area (Å²) in [6.45, 7) is 0. The summed E-state index contributed by atoms with van der Waals surface area (Å²) >= 11 is 0. The van der Waals surface area contributed by atoms with Crippen molar-refractivity contribution in [3.8, 4) is 16.8 Å². The van der Waals surface area contributed by atoms with Gasteiger partial charge in [-0.3, -0.25) is 0 Å². The Morgan fingerprint density at radius 3 is 1.59 bits per heavy atom. The van der Waals surface area contributed by atoms with Crippen molar-refractivity contribution in [3.05, 3.63) is 108 Å². The molecule has 4 aromatic carbocycles. The first kappa shape index (κ1) is 17.4. The van der Waals surface area contributed by atoms with Crippen LogP contribution in [0.15, 0.2) is 91.0 Å². The van der Waals surface area contributed by atoms with E-state index in [9.17, 15) is 13.2 Å². The van der Waals surface area contributed by atoms with Crippen LogP contribution in [0.25, 0.3) is 38.6 Å². The second kappa shape index (κ2) is 6.74. The molecule has 0 atom stereocenters. The van der Waals surface area contributed by atoms with Crippen molar-refractivity contribution in [2.45, 2.75) is 0 Å². The summed E-state index contributed by atoms with van der Waals surface area (Å²) in [6, 6.07) is 24.7. The van der Waals surface area contributed by atoms with Crippen LogP contribution in [-0.2, 0) is 0 Å². The zero-order chi connectivity index (χ0) is 20.0. The third-order valence-corrected chi connectivity index (χ3v) is 5.08. The molecule has 0 fully saturated rings. The van der Waals surface area contributed by atoms with E-state index in [1.54, 1.807) is 24.3 Å². The van der Waals surface area contributed by atoms with E-state index in [4.69, 9.17) is 0 Å². The maximum atomic E-state index is 14.3. The van der Waals surface area contributed by atoms with E-state index in [0.717, 1.165) is 22.2 Å². The molecule has 0 aliphatic heterocycles. The van der Waals surface area contributed by atoms with E-state index in [-0.39, 0.29) is 17.5 Å². The molecule has 5 aromatic rings. The fraction of sp³-hybridized carbons (Fsp3) is 0. The first-order valence-electron chi connectivity index (χ1n) is 9.20. The third kappa shape index (κ3) is 2.93. The Kier molecular flexibility index (Phi) is 4.06. The molecular weight excluding hydrogens is 371 g/mol. The number of benzene rings is 4. The minimum atomic E-state index is -0.379. The molecular formula is C25H15F3N+. The number of hydrogen-bond acceptors (Lipinski definition) is 0. The van der Waals surface area contributed by atoms with Gasteiger partial charge in [0, 0.05) is 29.8 Å². The van der Waals surface area contributed by atoms with Gasteiger partial charge in [-0.2, -0.15) is 4.57 Å². The lowest BCUT2D eigenvalue weighted by Crippen LogP contribution is -2.33. The first-order chi connectivity index (χ1) is 14.1. The Labute approximate surface area is 165 Å². The lowest BCUT2D eigenvalue weighted by molar-refractivity contribution is -0.538. The number of hydrogen-bond donors (Lipinski definition) is 0. The van der Waals surface area contributed by atoms with Crippen LogP contribution in [0.1, 0.15) is 0 Å². The van der Waals surface area contributed by atoms with Crippen molar-refractivity contribution < 1.29 is 17.7 Å². The molecule has 0 amide bonds. The summed E-state index contributed by atoms with van der Waals surface area (Å²) < 4.78 is 43.9. The minimum absolute atomic E-state index is 0.346. The van der Waals surface area contributed by atoms with Gasteiger partial charge >= 0.3 is 0 Å². The fourth-order valence-corrected chi connectivity index (χ4v) is 3.87. The summed E-state index contributed by atoms with van der Waals surface area (Å²) in [6.07, 6.45) is 0. The standard InChI is InChI=1S/C25H15F3N/c26-17-6-10-20(11-7-17)29-23-12-8-18(27)14-21(23)25(16-4-2-1-3-5-16)22-15-19(28)9-13-24(22)29/h1-15H/q+1. The second-order valence-electron chi connectivity index (χ2n) is 6.88. The predicted octanol–water partition coefficient (Wildman–Crippen LogP) is 6.35. The minimum Gasteiger partial charge on any atom is -0.207 e. The normalized spacial score (nSPS) is 11.3. The lowest BCUT2D eigenvalue weighted by atomic mass is 9.95. The van der Waals surface area contributed by atoms with E-state index in [1.807, 2.05) is 34.9 Å². The molecule has 1 heterocycles. The molecule has 140 valence electrons. The SMILES string of the molecule is Fc1ccc(-[n+]2c3ccc(F)cc3c(-c3ccccc3)c3cc(F)ccc32)cc1. The van der Waals surface area contributed by atoms with Crippen molar-refractivity contribution in [2.75, 3.05) is 0 Å². The lowest BCUT2D eigenvalue weighted by Gasteiger charge is -2.12. The van der Waals surface area contributed by atoms with Gasteiger partial charge in [-0.05, 0) is 42.0 Å². The quantitative estimate of drug-likeness (QED) is 0.246. The molecule has 1 nitrogen and oxygen atoms in total. The Hall–Kier alpha value is -3.66. The summed E-state index contributed by atoms with van der Waals surface area (Å²) in [5.41, 5.74) is 3.82. The third-order valence-electron chi connectivity index (χ3n) is 5.08. The van der Waals surface area contributed by atoms with Crippen LogP contribution in [-0.4, -0.2) is 0 Å². The number of nitrogens with zero attached hydrogens (tertiary/aromatic N) is 1. The molecule has 0 radical (unpaired) electrons. The highest BCUT2D eigenvalue weighted by Gasteiger charge is 2.24. The molecule has 0 saturated carbocycles. The van der Waals surface area contributed by atoms with E-state index in [0.29, 0.717) is 16.5 Å². The van der Waals surface area contributed by atoms with Gasteiger partial charge in [-0.15, -0.1) is 0 Å². The Morgan fingerprint density at radius 2 is 1.03 bits per heavy atom. The highest BCUT2D eigenvalue weighted by Crippen LogP contribution is 2.35. The maximum absolute atomic E-state index is 14.3. The number of halogens is 3. The van der Waals surface area contributed by atoms with Gasteiger partial charge < -0.3 is 0 Å². The molecule has 0 saturated heterocycles. The molecule has 5 rings (SSSR count). The topological polar surface area (TPSA) is 3.88 Å². The second-order valence-corrected chi connectivity index (χ2v) is 6.88. The highest BCUT2D eigenvalue weighted by molar-refractivity contribution is 6.07. The number of pyridine rings is 1. The van der Waals surface area contributed by atoms with Crippen molar-refractivity contribution in [3.63, 3.8) is 0 Å². The molecule has 1 aromatic heterocycles. The smallest absolute Gasteiger partial charge is 0.207 e. The summed E-state index contributed by atoms with van der Waals surface area (Å²) in [4.78, 5) is 0. The summed E-state index contributed by atoms with van der Waals surface area (Å²) in [7, 11) is 0. The maximum Gasteiger partial charge on any atom is 0.219 e. The van der Waals surface area contributed by atoms with Crippen molar-refractivity contribution in [2.24, 2.45) is 0 Å². The monoisotopic (exact) mass is 386 g/mol. The van der Waals surface area contributed by atoms with Crippen LogP contribution < -0.4 is 4.57 Å². The zero-order valence-electron chi connectivity index (χ0n) is 15.2. The molecule has 0 aliphatic rings. The van der Waals surface area contributed by atoms with Crippen LogP contribution in [0, 0.1) is 17.5 Å². The summed E-state index contributed by atoms with van der Waals surface area (Å²) in [5, 5.41) is 1.30. The van der Waals surface area contributed by atoms with Gasteiger partial charge in [0.15, 0.2) is 0 Å². The highest BCUT2D eigenvalue weighted by atomic mass is 19.1. The van der Waals surface area contributed by atoms with E-state index in [2.05, 4.69) is 0 Å². The Morgan fingerprint density at radius 1 is 0.517 bits per heavy atom. The largest absolute Gasteiger partial charge is 0.219 e. The van der Waals surface area contributed by atoms with E-state index < -0.39 is 0 Å². The van der Waals surface area contributed by atoms with Gasteiger partial charge in [-0.25, -0.2) is 13.2 Å². The molecule has 0 aliphatic carbocycles. The summed E-state index contributed by atoms with van der Waals surface area (Å²) in [5.74, 6) is -1.10. The van der Waals surface area contributed by atoms with E-state index in [1.165, 1.54) is 36.4 Å². The van der Waals surface area contributed by atoms with Crippen LogP contribution in [0.3, 0.4) is 0 Å². The van der Waals surface area contributed by atoms with Gasteiger partial charge in [0.05, 0.1) is 10.8 Å². The van der Waals surface area contributed by atoms with Crippen molar-refractivity contribution in [1.82, 2.24) is 0 Å². The number of aromatic nitrogens is 1. The van der Waals surface area contributed by atoms with Gasteiger partial charge in [0.25, 0.3) is 0 Å². The zero-order valence-corrected chi connectivity index (χ0v) is 15.2. The average molecular weight is 386 g/mol. The van der Waals surface area contributed by atoms with Gasteiger partial charge in [0.2, 0.25) is 16.7 Å². The first-order valence-corrected chi connectivity index (χ1v) is 9.20. The average Bonchev–Trinajstić information content (AvgIpc) is 2.73. The van der Waals surface area contributed by atoms with Crippen molar-refractivity contribution in [1.29, 1.82) is 0 Å². The van der Waals surface area contributed by atoms with E-state index >= 15 is 0 Å². The van der Waals surface area contributed by atoms with Crippen LogP contribution in [0.5, 0.6) is 0 Å². The number of rotatable bonds is 2. The molecule has 29 heavy (non-hydrogen) atoms. The predicted molar refractivity (Wildman–Crippen MR) is 108 cm³/mol. The van der Waals surface area contributed by atoms with Crippen LogP contribution in [0.2, 0.25) is 0 Å². The van der Waals surface area contributed by atoms with Crippen LogP contribution in [0.4, 0.5) is 13.2 Å². The molecule has 0 bridgehead atoms. The fourth-order valence-electron chi connectivity index (χ4n) is 3.87. The number of fused-ring (bicyclic) bond motifs is 2. The Balaban J connectivity index is 2.02. The van der Waals surface area contributed by atoms with Crippen molar-refractivity contribution >= 4 is 21.8 Å². The van der Waals surface area contributed by atoms with Crippen LogP contribution >= 0.6 is 0 Å².